The number of rotatable bonds is 2. The van der Waals surface area contributed by atoms with Crippen molar-refractivity contribution in [3.63, 3.8) is 0 Å². The van der Waals surface area contributed by atoms with Crippen molar-refractivity contribution >= 4 is 0 Å². The predicted octanol–water partition coefficient (Wildman–Crippen LogP) is 3.37. The van der Waals surface area contributed by atoms with Gasteiger partial charge in [0.25, 0.3) is 0 Å². The van der Waals surface area contributed by atoms with Crippen molar-refractivity contribution in [3.8, 4) is 0 Å². The van der Waals surface area contributed by atoms with E-state index >= 15 is 0 Å². The van der Waals surface area contributed by atoms with Gasteiger partial charge in [0, 0.05) is 0 Å². The highest BCUT2D eigenvalue weighted by molar-refractivity contribution is 5.15. The standard InChI is InChI=1S/C14H20O/c15-14(13-9-5-2-6-10-13)11-12-7-3-1-4-8-12/h1-3,5,11,13-15H,4,6-10H2. The summed E-state index contributed by atoms with van der Waals surface area (Å²) in [6, 6.07) is 0. The molecule has 0 radical (unpaired) electrons. The molecule has 0 aliphatic heterocycles. The minimum absolute atomic E-state index is 0.226. The Labute approximate surface area is 92.2 Å². The first kappa shape index (κ1) is 10.7. The molecule has 0 saturated heterocycles. The highest BCUT2D eigenvalue weighted by Crippen LogP contribution is 2.25. The summed E-state index contributed by atoms with van der Waals surface area (Å²) in [6.45, 7) is 0. The first-order chi connectivity index (χ1) is 7.36. The van der Waals surface area contributed by atoms with Gasteiger partial charge in [-0.25, -0.2) is 0 Å². The fraction of sp³-hybridized carbons (Fsp3) is 0.571. The van der Waals surface area contributed by atoms with E-state index in [4.69, 9.17) is 0 Å². The minimum atomic E-state index is -0.226. The van der Waals surface area contributed by atoms with Crippen LogP contribution in [-0.4, -0.2) is 11.2 Å². The summed E-state index contributed by atoms with van der Waals surface area (Å²) in [5, 5.41) is 10.1. The summed E-state index contributed by atoms with van der Waals surface area (Å²) in [5.74, 6) is 0.452. The number of allylic oxidation sites excluding steroid dienone is 5. The topological polar surface area (TPSA) is 20.2 Å². The zero-order chi connectivity index (χ0) is 10.5. The lowest BCUT2D eigenvalue weighted by molar-refractivity contribution is 0.144. The van der Waals surface area contributed by atoms with Gasteiger partial charge in [-0.15, -0.1) is 0 Å². The van der Waals surface area contributed by atoms with Gasteiger partial charge in [-0.2, -0.15) is 0 Å². The monoisotopic (exact) mass is 204 g/mol. The summed E-state index contributed by atoms with van der Waals surface area (Å²) in [4.78, 5) is 0. The molecule has 2 rings (SSSR count). The Hall–Kier alpha value is -0.820. The van der Waals surface area contributed by atoms with Gasteiger partial charge in [0.1, 0.15) is 0 Å². The smallest absolute Gasteiger partial charge is 0.0754 e. The highest BCUT2D eigenvalue weighted by Gasteiger charge is 2.18. The Morgan fingerprint density at radius 2 is 2.07 bits per heavy atom. The lowest BCUT2D eigenvalue weighted by Crippen LogP contribution is -2.19. The molecule has 2 atom stereocenters. The molecule has 1 N–H and O–H groups in total. The maximum atomic E-state index is 10.1. The summed E-state index contributed by atoms with van der Waals surface area (Å²) in [5.41, 5.74) is 1.42. The average Bonchev–Trinajstić information content (AvgIpc) is 2.31. The van der Waals surface area contributed by atoms with Crippen molar-refractivity contribution in [2.24, 2.45) is 5.92 Å². The molecule has 0 aromatic heterocycles. The molecule has 0 bridgehead atoms. The minimum Gasteiger partial charge on any atom is -0.389 e. The molecule has 2 aliphatic rings. The van der Waals surface area contributed by atoms with Gasteiger partial charge in [0.05, 0.1) is 6.10 Å². The first-order valence-electron chi connectivity index (χ1n) is 6.04. The highest BCUT2D eigenvalue weighted by atomic mass is 16.3. The quantitative estimate of drug-likeness (QED) is 0.684. The second kappa shape index (κ2) is 5.32. The Morgan fingerprint density at radius 3 is 2.73 bits per heavy atom. The molecule has 0 aromatic carbocycles. The number of aliphatic hydroxyl groups is 1. The Morgan fingerprint density at radius 1 is 1.20 bits per heavy atom. The molecule has 0 saturated carbocycles. The van der Waals surface area contributed by atoms with Crippen molar-refractivity contribution in [1.29, 1.82) is 0 Å². The second-order valence-corrected chi connectivity index (χ2v) is 4.57. The van der Waals surface area contributed by atoms with E-state index in [9.17, 15) is 5.11 Å². The van der Waals surface area contributed by atoms with Crippen LogP contribution in [0.25, 0.3) is 0 Å². The van der Waals surface area contributed by atoms with E-state index < -0.39 is 0 Å². The lowest BCUT2D eigenvalue weighted by atomic mass is 9.87. The molecule has 0 fully saturated rings. The molecule has 0 amide bonds. The molecule has 2 unspecified atom stereocenters. The van der Waals surface area contributed by atoms with E-state index in [1.807, 2.05) is 0 Å². The second-order valence-electron chi connectivity index (χ2n) is 4.57. The molecule has 0 spiro atoms. The fourth-order valence-electron chi connectivity index (χ4n) is 2.38. The van der Waals surface area contributed by atoms with Crippen molar-refractivity contribution < 1.29 is 5.11 Å². The average molecular weight is 204 g/mol. The third-order valence-corrected chi connectivity index (χ3v) is 3.38. The third-order valence-electron chi connectivity index (χ3n) is 3.38. The van der Waals surface area contributed by atoms with Crippen LogP contribution in [0.5, 0.6) is 0 Å². The Kier molecular flexibility index (Phi) is 3.79. The fourth-order valence-corrected chi connectivity index (χ4v) is 2.38. The molecule has 0 heterocycles. The Balaban J connectivity index is 1.92. The van der Waals surface area contributed by atoms with Gasteiger partial charge in [0.2, 0.25) is 0 Å². The van der Waals surface area contributed by atoms with Crippen LogP contribution < -0.4 is 0 Å². The van der Waals surface area contributed by atoms with E-state index in [1.54, 1.807) is 0 Å². The maximum Gasteiger partial charge on any atom is 0.0754 e. The molecule has 15 heavy (non-hydrogen) atoms. The van der Waals surface area contributed by atoms with Gasteiger partial charge < -0.3 is 5.11 Å². The van der Waals surface area contributed by atoms with Crippen LogP contribution in [0.15, 0.2) is 36.0 Å². The molecule has 1 heteroatoms. The van der Waals surface area contributed by atoms with E-state index in [-0.39, 0.29) is 6.10 Å². The molecule has 82 valence electrons. The SMILES string of the molecule is OC(C=C1CC=CCC1)C1CC=CCC1. The van der Waals surface area contributed by atoms with Crippen LogP contribution in [0, 0.1) is 5.92 Å². The van der Waals surface area contributed by atoms with E-state index in [0.717, 1.165) is 38.5 Å². The summed E-state index contributed by atoms with van der Waals surface area (Å²) < 4.78 is 0. The molecule has 0 aromatic rings. The number of hydrogen-bond acceptors (Lipinski definition) is 1. The van der Waals surface area contributed by atoms with Crippen LogP contribution in [0.4, 0.5) is 0 Å². The Bertz CT molecular complexity index is 286. The first-order valence-corrected chi connectivity index (χ1v) is 6.04. The van der Waals surface area contributed by atoms with E-state index in [1.165, 1.54) is 5.57 Å². The molecular weight excluding hydrogens is 184 g/mol. The van der Waals surface area contributed by atoms with Gasteiger partial charge >= 0.3 is 0 Å². The van der Waals surface area contributed by atoms with Gasteiger partial charge in [-0.1, -0.05) is 36.0 Å². The lowest BCUT2D eigenvalue weighted by Gasteiger charge is -2.22. The van der Waals surface area contributed by atoms with E-state index in [0.29, 0.717) is 5.92 Å². The molecular formula is C14H20O. The molecule has 2 aliphatic carbocycles. The van der Waals surface area contributed by atoms with Gasteiger partial charge in [-0.05, 0) is 44.4 Å². The van der Waals surface area contributed by atoms with Crippen LogP contribution in [0.1, 0.15) is 38.5 Å². The largest absolute Gasteiger partial charge is 0.389 e. The van der Waals surface area contributed by atoms with E-state index in [2.05, 4.69) is 30.4 Å². The summed E-state index contributed by atoms with van der Waals surface area (Å²) in [7, 11) is 0. The molecule has 1 nitrogen and oxygen atoms in total. The van der Waals surface area contributed by atoms with Crippen LogP contribution in [0.3, 0.4) is 0 Å². The predicted molar refractivity (Wildman–Crippen MR) is 63.6 cm³/mol. The summed E-state index contributed by atoms with van der Waals surface area (Å²) in [6.07, 6.45) is 17.4. The van der Waals surface area contributed by atoms with Gasteiger partial charge in [-0.3, -0.25) is 0 Å². The zero-order valence-electron chi connectivity index (χ0n) is 9.23. The zero-order valence-corrected chi connectivity index (χ0v) is 9.23. The van der Waals surface area contributed by atoms with Crippen molar-refractivity contribution in [2.45, 2.75) is 44.6 Å². The summed E-state index contributed by atoms with van der Waals surface area (Å²) >= 11 is 0. The number of hydrogen-bond donors (Lipinski definition) is 1. The van der Waals surface area contributed by atoms with Crippen LogP contribution in [0.2, 0.25) is 0 Å². The van der Waals surface area contributed by atoms with Crippen LogP contribution in [-0.2, 0) is 0 Å². The van der Waals surface area contributed by atoms with Gasteiger partial charge in [0.15, 0.2) is 0 Å². The van der Waals surface area contributed by atoms with Crippen molar-refractivity contribution in [2.75, 3.05) is 0 Å². The van der Waals surface area contributed by atoms with Crippen molar-refractivity contribution in [3.05, 3.63) is 36.0 Å². The van der Waals surface area contributed by atoms with Crippen molar-refractivity contribution in [1.82, 2.24) is 0 Å². The maximum absolute atomic E-state index is 10.1. The van der Waals surface area contributed by atoms with Crippen LogP contribution >= 0.6 is 0 Å². The normalized spacial score (nSPS) is 30.7. The third kappa shape index (κ3) is 3.07. The number of aliphatic hydroxyl groups excluding tert-OH is 1.